The molecule has 0 fully saturated rings. The molecule has 0 unspecified atom stereocenters. The van der Waals surface area contributed by atoms with Crippen molar-refractivity contribution in [2.45, 2.75) is 0 Å². The third-order valence-corrected chi connectivity index (χ3v) is 2.46. The van der Waals surface area contributed by atoms with Gasteiger partial charge in [-0.1, -0.05) is 12.1 Å². The van der Waals surface area contributed by atoms with Crippen molar-refractivity contribution >= 4 is 23.4 Å². The molecule has 7 nitrogen and oxygen atoms in total. The van der Waals surface area contributed by atoms with Crippen LogP contribution in [0.1, 0.15) is 10.4 Å². The lowest BCUT2D eigenvalue weighted by atomic mass is 10.2. The third-order valence-electron chi connectivity index (χ3n) is 2.46. The predicted octanol–water partition coefficient (Wildman–Crippen LogP) is 3.26. The summed E-state index contributed by atoms with van der Waals surface area (Å²) in [5, 5.41) is 16.9. The predicted molar refractivity (Wildman–Crippen MR) is 74.2 cm³/mol. The Balaban J connectivity index is 2.18. The molecule has 21 heavy (non-hydrogen) atoms. The van der Waals surface area contributed by atoms with Crippen molar-refractivity contribution in [3.63, 3.8) is 0 Å². The van der Waals surface area contributed by atoms with Gasteiger partial charge < -0.3 is 15.6 Å². The highest BCUT2D eigenvalue weighted by Gasteiger charge is 2.07. The van der Waals surface area contributed by atoms with Gasteiger partial charge in [0.05, 0.1) is 11.3 Å². The summed E-state index contributed by atoms with van der Waals surface area (Å²) < 4.78 is 4.67. The minimum atomic E-state index is -1.07. The number of hydrogen-bond acceptors (Lipinski definition) is 5. The zero-order valence-corrected chi connectivity index (χ0v) is 10.8. The number of aromatic carboxylic acids is 1. The number of benzene rings is 2. The molecule has 106 valence electrons. The summed E-state index contributed by atoms with van der Waals surface area (Å²) in [4.78, 5) is 21.6. The number of carboxylic acid groups (broad SMARTS) is 1. The maximum atomic E-state index is 11.0. The van der Waals surface area contributed by atoms with Crippen LogP contribution >= 0.6 is 0 Å². The number of amides is 1. The molecule has 0 aromatic heterocycles. The summed E-state index contributed by atoms with van der Waals surface area (Å²) in [7, 11) is 0. The van der Waals surface area contributed by atoms with Crippen LogP contribution in [0.5, 0.6) is 5.75 Å². The van der Waals surface area contributed by atoms with Gasteiger partial charge in [0.2, 0.25) is 0 Å². The van der Waals surface area contributed by atoms with E-state index < -0.39 is 12.1 Å². The number of hydrogen-bond donors (Lipinski definition) is 2. The molecule has 0 radical (unpaired) electrons. The number of nitrogens with zero attached hydrogens (tertiary/aromatic N) is 2. The first kappa shape index (κ1) is 14.2. The van der Waals surface area contributed by atoms with E-state index in [1.165, 1.54) is 18.2 Å². The summed E-state index contributed by atoms with van der Waals surface area (Å²) in [5.41, 5.74) is 5.68. The van der Waals surface area contributed by atoms with Gasteiger partial charge in [-0.25, -0.2) is 9.59 Å². The van der Waals surface area contributed by atoms with Crippen LogP contribution in [-0.2, 0) is 0 Å². The molecule has 2 aromatic carbocycles. The lowest BCUT2D eigenvalue weighted by Gasteiger charge is -2.00. The van der Waals surface area contributed by atoms with Crippen molar-refractivity contribution in [3.8, 4) is 5.75 Å². The number of carbonyl (C=O) groups is 2. The fourth-order valence-corrected chi connectivity index (χ4v) is 1.55. The van der Waals surface area contributed by atoms with Gasteiger partial charge in [0, 0.05) is 0 Å². The van der Waals surface area contributed by atoms with E-state index in [0.29, 0.717) is 5.69 Å². The Morgan fingerprint density at radius 3 is 2.29 bits per heavy atom. The van der Waals surface area contributed by atoms with Gasteiger partial charge in [0.15, 0.2) is 0 Å². The van der Waals surface area contributed by atoms with Crippen LogP contribution in [0.15, 0.2) is 58.8 Å². The number of carboxylic acids is 1. The Bertz CT molecular complexity index is 696. The van der Waals surface area contributed by atoms with E-state index in [0.717, 1.165) is 0 Å². The van der Waals surface area contributed by atoms with E-state index in [1.807, 2.05) is 0 Å². The molecule has 0 atom stereocenters. The summed E-state index contributed by atoms with van der Waals surface area (Å²) in [6, 6.07) is 12.4. The van der Waals surface area contributed by atoms with E-state index in [2.05, 4.69) is 15.0 Å². The fraction of sp³-hybridized carbons (Fsp3) is 0. The summed E-state index contributed by atoms with van der Waals surface area (Å²) >= 11 is 0. The molecule has 0 spiro atoms. The maximum absolute atomic E-state index is 11.0. The smallest absolute Gasteiger partial charge is 0.409 e. The molecule has 0 saturated heterocycles. The van der Waals surface area contributed by atoms with Crippen LogP contribution in [0.4, 0.5) is 16.2 Å². The highest BCUT2D eigenvalue weighted by molar-refractivity contribution is 5.93. The quantitative estimate of drug-likeness (QED) is 0.839. The highest BCUT2D eigenvalue weighted by Crippen LogP contribution is 2.23. The van der Waals surface area contributed by atoms with Crippen molar-refractivity contribution in [1.29, 1.82) is 0 Å². The van der Waals surface area contributed by atoms with Crippen LogP contribution in [0.2, 0.25) is 0 Å². The average molecular weight is 285 g/mol. The summed E-state index contributed by atoms with van der Waals surface area (Å²) in [6.45, 7) is 0. The lowest BCUT2D eigenvalue weighted by Crippen LogP contribution is -2.15. The minimum absolute atomic E-state index is 0.0648. The number of nitrogens with two attached hydrogens (primary N) is 1. The third kappa shape index (κ3) is 3.87. The van der Waals surface area contributed by atoms with Gasteiger partial charge in [0.1, 0.15) is 11.4 Å². The maximum Gasteiger partial charge on any atom is 0.409 e. The SMILES string of the molecule is NC(=O)Oc1ccc(N=Nc2ccccc2C(=O)O)cc1. The van der Waals surface area contributed by atoms with Gasteiger partial charge in [-0.2, -0.15) is 5.11 Å². The van der Waals surface area contributed by atoms with E-state index in [1.54, 1.807) is 30.3 Å². The first-order valence-electron chi connectivity index (χ1n) is 5.87. The fourth-order valence-electron chi connectivity index (χ4n) is 1.55. The number of rotatable bonds is 4. The Morgan fingerprint density at radius 2 is 1.67 bits per heavy atom. The van der Waals surface area contributed by atoms with Gasteiger partial charge in [-0.3, -0.25) is 0 Å². The van der Waals surface area contributed by atoms with Crippen LogP contribution < -0.4 is 10.5 Å². The van der Waals surface area contributed by atoms with Crippen LogP contribution in [-0.4, -0.2) is 17.2 Å². The van der Waals surface area contributed by atoms with Crippen LogP contribution in [0.25, 0.3) is 0 Å². The van der Waals surface area contributed by atoms with E-state index in [9.17, 15) is 9.59 Å². The van der Waals surface area contributed by atoms with Crippen molar-refractivity contribution in [2.75, 3.05) is 0 Å². The Kier molecular flexibility index (Phi) is 4.25. The van der Waals surface area contributed by atoms with Gasteiger partial charge in [-0.15, -0.1) is 5.11 Å². The zero-order valence-electron chi connectivity index (χ0n) is 10.8. The van der Waals surface area contributed by atoms with Gasteiger partial charge in [0.25, 0.3) is 0 Å². The Labute approximate surface area is 119 Å². The van der Waals surface area contributed by atoms with Gasteiger partial charge in [-0.05, 0) is 36.4 Å². The Morgan fingerprint density at radius 1 is 1.00 bits per heavy atom. The largest absolute Gasteiger partial charge is 0.478 e. The van der Waals surface area contributed by atoms with E-state index >= 15 is 0 Å². The molecule has 1 amide bonds. The standard InChI is InChI=1S/C14H11N3O4/c15-14(20)21-10-7-5-9(6-8-10)16-17-12-4-2-1-3-11(12)13(18)19/h1-8H,(H2,15,20)(H,18,19). The minimum Gasteiger partial charge on any atom is -0.478 e. The molecule has 3 N–H and O–H groups in total. The van der Waals surface area contributed by atoms with Gasteiger partial charge >= 0.3 is 12.1 Å². The van der Waals surface area contributed by atoms with Crippen LogP contribution in [0.3, 0.4) is 0 Å². The first-order chi connectivity index (χ1) is 10.1. The summed E-state index contributed by atoms with van der Waals surface area (Å²) in [6.07, 6.45) is -0.903. The average Bonchev–Trinajstić information content (AvgIpc) is 2.46. The molecule has 0 aliphatic rings. The number of primary amides is 1. The molecule has 0 bridgehead atoms. The number of carbonyl (C=O) groups excluding carboxylic acids is 1. The molecule has 0 heterocycles. The monoisotopic (exact) mass is 285 g/mol. The molecular weight excluding hydrogens is 274 g/mol. The second-order valence-corrected chi connectivity index (χ2v) is 3.94. The van der Waals surface area contributed by atoms with Crippen molar-refractivity contribution in [3.05, 3.63) is 54.1 Å². The second kappa shape index (κ2) is 6.29. The van der Waals surface area contributed by atoms with Crippen molar-refractivity contribution in [2.24, 2.45) is 16.0 Å². The molecule has 0 aliphatic carbocycles. The van der Waals surface area contributed by atoms with Crippen molar-refractivity contribution in [1.82, 2.24) is 0 Å². The zero-order chi connectivity index (χ0) is 15.2. The second-order valence-electron chi connectivity index (χ2n) is 3.94. The first-order valence-corrected chi connectivity index (χ1v) is 5.87. The molecule has 0 saturated carbocycles. The number of azo groups is 1. The normalized spacial score (nSPS) is 10.5. The van der Waals surface area contributed by atoms with Crippen LogP contribution in [0, 0.1) is 0 Å². The van der Waals surface area contributed by atoms with E-state index in [4.69, 9.17) is 10.8 Å². The molecule has 2 rings (SSSR count). The molecular formula is C14H11N3O4. The number of ether oxygens (including phenoxy) is 1. The highest BCUT2D eigenvalue weighted by atomic mass is 16.5. The van der Waals surface area contributed by atoms with Crippen molar-refractivity contribution < 1.29 is 19.4 Å². The summed E-state index contributed by atoms with van der Waals surface area (Å²) in [5.74, 6) is -0.790. The molecule has 7 heteroatoms. The molecule has 2 aromatic rings. The molecule has 0 aliphatic heterocycles. The Hall–Kier alpha value is -3.22. The topological polar surface area (TPSA) is 114 Å². The van der Waals surface area contributed by atoms with E-state index in [-0.39, 0.29) is 17.0 Å². The lowest BCUT2D eigenvalue weighted by molar-refractivity contribution is 0.0697.